The van der Waals surface area contributed by atoms with Crippen LogP contribution in [0.1, 0.15) is 15.9 Å². The first kappa shape index (κ1) is 11.5. The van der Waals surface area contributed by atoms with Gasteiger partial charge < -0.3 is 14.2 Å². The SMILES string of the molecule is COCOc1c(C)cc(C=O)cc1OC. The van der Waals surface area contributed by atoms with Crippen molar-refractivity contribution in [2.45, 2.75) is 6.92 Å². The van der Waals surface area contributed by atoms with Gasteiger partial charge in [0, 0.05) is 12.7 Å². The van der Waals surface area contributed by atoms with Crippen molar-refractivity contribution < 1.29 is 19.0 Å². The predicted octanol–water partition coefficient (Wildman–Crippen LogP) is 1.80. The lowest BCUT2D eigenvalue weighted by molar-refractivity contribution is 0.0486. The molecule has 4 nitrogen and oxygen atoms in total. The van der Waals surface area contributed by atoms with Gasteiger partial charge in [-0.15, -0.1) is 0 Å². The molecular formula is C11H14O4. The van der Waals surface area contributed by atoms with Crippen molar-refractivity contribution in [3.05, 3.63) is 23.3 Å². The van der Waals surface area contributed by atoms with Gasteiger partial charge in [-0.25, -0.2) is 0 Å². The lowest BCUT2D eigenvalue weighted by Crippen LogP contribution is -2.03. The number of methoxy groups -OCH3 is 2. The van der Waals surface area contributed by atoms with Gasteiger partial charge in [0.2, 0.25) is 0 Å². The third-order valence-electron chi connectivity index (χ3n) is 1.94. The summed E-state index contributed by atoms with van der Waals surface area (Å²) in [6.45, 7) is 2.00. The summed E-state index contributed by atoms with van der Waals surface area (Å²) in [6.07, 6.45) is 0.773. The Hall–Kier alpha value is -1.55. The molecule has 0 saturated heterocycles. The van der Waals surface area contributed by atoms with Gasteiger partial charge in [-0.3, -0.25) is 4.79 Å². The maximum Gasteiger partial charge on any atom is 0.188 e. The number of carbonyl (C=O) groups excluding carboxylic acids is 1. The fraction of sp³-hybridized carbons (Fsp3) is 0.364. The normalized spacial score (nSPS) is 9.80. The van der Waals surface area contributed by atoms with Gasteiger partial charge in [-0.05, 0) is 24.6 Å². The molecule has 0 aliphatic carbocycles. The molecule has 0 saturated carbocycles. The summed E-state index contributed by atoms with van der Waals surface area (Å²) in [5, 5.41) is 0. The summed E-state index contributed by atoms with van der Waals surface area (Å²) in [6, 6.07) is 3.37. The quantitative estimate of drug-likeness (QED) is 0.549. The van der Waals surface area contributed by atoms with E-state index in [1.807, 2.05) is 6.92 Å². The molecule has 1 aromatic carbocycles. The van der Waals surface area contributed by atoms with E-state index in [-0.39, 0.29) is 6.79 Å². The zero-order valence-corrected chi connectivity index (χ0v) is 9.07. The third kappa shape index (κ3) is 2.70. The molecule has 0 bridgehead atoms. The summed E-state index contributed by atoms with van der Waals surface area (Å²) in [5.41, 5.74) is 1.41. The standard InChI is InChI=1S/C11H14O4/c1-8-4-9(6-12)5-10(14-3)11(8)15-7-13-2/h4-6H,7H2,1-3H3. The maximum absolute atomic E-state index is 10.6. The van der Waals surface area contributed by atoms with Crippen LogP contribution in [0.15, 0.2) is 12.1 Å². The van der Waals surface area contributed by atoms with E-state index in [0.717, 1.165) is 11.8 Å². The minimum Gasteiger partial charge on any atom is -0.493 e. The van der Waals surface area contributed by atoms with E-state index in [0.29, 0.717) is 17.1 Å². The molecule has 0 radical (unpaired) electrons. The highest BCUT2D eigenvalue weighted by Gasteiger charge is 2.09. The van der Waals surface area contributed by atoms with Crippen molar-refractivity contribution in [3.8, 4) is 11.5 Å². The topological polar surface area (TPSA) is 44.8 Å². The van der Waals surface area contributed by atoms with E-state index in [1.54, 1.807) is 19.2 Å². The van der Waals surface area contributed by atoms with Gasteiger partial charge >= 0.3 is 0 Å². The molecule has 0 aliphatic heterocycles. The van der Waals surface area contributed by atoms with Crippen LogP contribution in [0.5, 0.6) is 11.5 Å². The first-order chi connectivity index (χ1) is 7.22. The molecule has 0 spiro atoms. The number of aldehydes is 1. The van der Waals surface area contributed by atoms with Crippen molar-refractivity contribution in [2.75, 3.05) is 21.0 Å². The molecular weight excluding hydrogens is 196 g/mol. The lowest BCUT2D eigenvalue weighted by atomic mass is 10.1. The smallest absolute Gasteiger partial charge is 0.188 e. The van der Waals surface area contributed by atoms with Crippen LogP contribution in [0.25, 0.3) is 0 Å². The van der Waals surface area contributed by atoms with Gasteiger partial charge in [0.15, 0.2) is 18.3 Å². The number of benzene rings is 1. The van der Waals surface area contributed by atoms with E-state index < -0.39 is 0 Å². The first-order valence-electron chi connectivity index (χ1n) is 4.48. The molecule has 15 heavy (non-hydrogen) atoms. The van der Waals surface area contributed by atoms with Crippen LogP contribution in [-0.4, -0.2) is 27.3 Å². The molecule has 0 atom stereocenters. The molecule has 0 fully saturated rings. The molecule has 0 unspecified atom stereocenters. The van der Waals surface area contributed by atoms with Crippen molar-refractivity contribution in [2.24, 2.45) is 0 Å². The molecule has 0 amide bonds. The summed E-state index contributed by atoms with van der Waals surface area (Å²) in [5.74, 6) is 1.14. The van der Waals surface area contributed by atoms with E-state index in [2.05, 4.69) is 0 Å². The minimum absolute atomic E-state index is 0.150. The van der Waals surface area contributed by atoms with Crippen LogP contribution in [0, 0.1) is 6.92 Å². The number of ether oxygens (including phenoxy) is 3. The van der Waals surface area contributed by atoms with Crippen LogP contribution < -0.4 is 9.47 Å². The highest BCUT2D eigenvalue weighted by atomic mass is 16.7. The minimum atomic E-state index is 0.150. The van der Waals surface area contributed by atoms with Gasteiger partial charge in [0.1, 0.15) is 6.29 Å². The largest absolute Gasteiger partial charge is 0.493 e. The Balaban J connectivity index is 3.06. The van der Waals surface area contributed by atoms with Crippen molar-refractivity contribution >= 4 is 6.29 Å². The monoisotopic (exact) mass is 210 g/mol. The van der Waals surface area contributed by atoms with Crippen LogP contribution in [0.2, 0.25) is 0 Å². The van der Waals surface area contributed by atoms with Gasteiger partial charge in [-0.2, -0.15) is 0 Å². The van der Waals surface area contributed by atoms with E-state index in [1.165, 1.54) is 7.11 Å². The Morgan fingerprint density at radius 3 is 2.60 bits per heavy atom. The number of carbonyl (C=O) groups is 1. The number of hydrogen-bond acceptors (Lipinski definition) is 4. The number of aryl methyl sites for hydroxylation is 1. The Morgan fingerprint density at radius 1 is 1.33 bits per heavy atom. The van der Waals surface area contributed by atoms with Gasteiger partial charge in [-0.1, -0.05) is 0 Å². The zero-order chi connectivity index (χ0) is 11.3. The second kappa shape index (κ2) is 5.36. The highest BCUT2D eigenvalue weighted by Crippen LogP contribution is 2.31. The molecule has 0 N–H and O–H groups in total. The second-order valence-electron chi connectivity index (χ2n) is 3.04. The lowest BCUT2D eigenvalue weighted by Gasteiger charge is -2.12. The highest BCUT2D eigenvalue weighted by molar-refractivity contribution is 5.77. The molecule has 0 aromatic heterocycles. The number of rotatable bonds is 5. The van der Waals surface area contributed by atoms with Gasteiger partial charge in [0.25, 0.3) is 0 Å². The van der Waals surface area contributed by atoms with E-state index in [9.17, 15) is 4.79 Å². The Morgan fingerprint density at radius 2 is 2.07 bits per heavy atom. The Kier molecular flexibility index (Phi) is 4.12. The third-order valence-corrected chi connectivity index (χ3v) is 1.94. The van der Waals surface area contributed by atoms with Crippen molar-refractivity contribution in [3.63, 3.8) is 0 Å². The Bertz CT molecular complexity index is 347. The molecule has 0 aliphatic rings. The molecule has 82 valence electrons. The molecule has 1 aromatic rings. The molecule has 0 heterocycles. The van der Waals surface area contributed by atoms with Crippen molar-refractivity contribution in [1.82, 2.24) is 0 Å². The van der Waals surface area contributed by atoms with Crippen LogP contribution >= 0.6 is 0 Å². The molecule has 4 heteroatoms. The average molecular weight is 210 g/mol. The predicted molar refractivity (Wildman–Crippen MR) is 55.6 cm³/mol. The van der Waals surface area contributed by atoms with Crippen LogP contribution in [0.4, 0.5) is 0 Å². The van der Waals surface area contributed by atoms with E-state index in [4.69, 9.17) is 14.2 Å². The zero-order valence-electron chi connectivity index (χ0n) is 9.07. The van der Waals surface area contributed by atoms with E-state index >= 15 is 0 Å². The Labute approximate surface area is 88.8 Å². The van der Waals surface area contributed by atoms with Crippen molar-refractivity contribution in [1.29, 1.82) is 0 Å². The summed E-state index contributed by atoms with van der Waals surface area (Å²) in [4.78, 5) is 10.6. The second-order valence-corrected chi connectivity index (χ2v) is 3.04. The fourth-order valence-corrected chi connectivity index (χ4v) is 1.29. The maximum atomic E-state index is 10.6. The van der Waals surface area contributed by atoms with Crippen LogP contribution in [-0.2, 0) is 4.74 Å². The molecule has 1 rings (SSSR count). The van der Waals surface area contributed by atoms with Gasteiger partial charge in [0.05, 0.1) is 7.11 Å². The number of hydrogen-bond donors (Lipinski definition) is 0. The first-order valence-corrected chi connectivity index (χ1v) is 4.48. The van der Waals surface area contributed by atoms with Crippen LogP contribution in [0.3, 0.4) is 0 Å². The average Bonchev–Trinajstić information content (AvgIpc) is 2.26. The fourth-order valence-electron chi connectivity index (χ4n) is 1.29. The summed E-state index contributed by atoms with van der Waals surface area (Å²) < 4.78 is 15.3. The summed E-state index contributed by atoms with van der Waals surface area (Å²) >= 11 is 0. The summed E-state index contributed by atoms with van der Waals surface area (Å²) in [7, 11) is 3.07.